The van der Waals surface area contributed by atoms with E-state index in [1.807, 2.05) is 25.3 Å². The number of furan rings is 1. The van der Waals surface area contributed by atoms with E-state index >= 15 is 0 Å². The topological polar surface area (TPSA) is 116 Å². The molecule has 0 atom stereocenters. The molecular weight excluding hydrogens is 504 g/mol. The zero-order valence-corrected chi connectivity index (χ0v) is 19.3. The van der Waals surface area contributed by atoms with Crippen LogP contribution in [0, 0.1) is 6.92 Å². The van der Waals surface area contributed by atoms with Gasteiger partial charge in [0.05, 0.1) is 13.2 Å². The largest absolute Gasteiger partial charge is 0.490 e. The van der Waals surface area contributed by atoms with Crippen molar-refractivity contribution in [2.24, 2.45) is 0 Å². The summed E-state index contributed by atoms with van der Waals surface area (Å²) in [7, 11) is 1.74. The van der Waals surface area contributed by atoms with Crippen molar-refractivity contribution in [3.63, 3.8) is 0 Å². The van der Waals surface area contributed by atoms with Crippen LogP contribution >= 0.6 is 0 Å². The number of hydrogen-bond donors (Lipinski definition) is 2. The number of aliphatic carboxylic acids is 2. The lowest BCUT2D eigenvalue weighted by molar-refractivity contribution is -0.193. The Morgan fingerprint density at radius 1 is 1.06 bits per heavy atom. The van der Waals surface area contributed by atoms with E-state index < -0.39 is 24.3 Å². The highest BCUT2D eigenvalue weighted by atomic mass is 19.4. The van der Waals surface area contributed by atoms with Crippen molar-refractivity contribution in [2.75, 3.05) is 38.3 Å². The van der Waals surface area contributed by atoms with Crippen LogP contribution in [-0.2, 0) is 27.4 Å². The van der Waals surface area contributed by atoms with E-state index in [2.05, 4.69) is 26.9 Å². The molecule has 1 aliphatic rings. The van der Waals surface area contributed by atoms with Gasteiger partial charge in [-0.15, -0.1) is 0 Å². The Morgan fingerprint density at radius 2 is 1.64 bits per heavy atom. The summed E-state index contributed by atoms with van der Waals surface area (Å²) in [4.78, 5) is 27.1. The van der Waals surface area contributed by atoms with Gasteiger partial charge in [-0.1, -0.05) is 6.07 Å². The Morgan fingerprint density at radius 3 is 2.11 bits per heavy atom. The Kier molecular flexibility index (Phi) is 11.7. The fraction of sp³-hybridized carbons (Fsp3) is 0.476. The highest BCUT2D eigenvalue weighted by molar-refractivity contribution is 5.73. The van der Waals surface area contributed by atoms with Gasteiger partial charge in [-0.05, 0) is 25.1 Å². The predicted octanol–water partition coefficient (Wildman–Crippen LogP) is 3.72. The van der Waals surface area contributed by atoms with Crippen molar-refractivity contribution in [3.8, 4) is 0 Å². The van der Waals surface area contributed by atoms with Crippen molar-refractivity contribution in [1.82, 2.24) is 9.88 Å². The summed E-state index contributed by atoms with van der Waals surface area (Å²) in [5, 5.41) is 14.2. The van der Waals surface area contributed by atoms with Gasteiger partial charge >= 0.3 is 24.3 Å². The molecule has 0 unspecified atom stereocenters. The highest BCUT2D eigenvalue weighted by Crippen LogP contribution is 2.23. The molecule has 1 aliphatic heterocycles. The minimum atomic E-state index is -5.08. The molecule has 3 heterocycles. The molecule has 2 aromatic heterocycles. The number of nitrogens with zero attached hydrogens (tertiary/aromatic N) is 3. The molecule has 0 aliphatic carbocycles. The first-order chi connectivity index (χ1) is 16.6. The monoisotopic (exact) mass is 529 g/mol. The molecule has 3 rings (SSSR count). The van der Waals surface area contributed by atoms with Gasteiger partial charge in [0.1, 0.15) is 17.3 Å². The molecule has 0 bridgehead atoms. The first-order valence-corrected chi connectivity index (χ1v) is 10.2. The molecule has 0 amide bonds. The predicted molar refractivity (Wildman–Crippen MR) is 113 cm³/mol. The number of carboxylic acid groups (broad SMARTS) is 2. The van der Waals surface area contributed by atoms with Gasteiger partial charge < -0.3 is 24.3 Å². The van der Waals surface area contributed by atoms with Crippen LogP contribution in [0.1, 0.15) is 17.1 Å². The van der Waals surface area contributed by atoms with Crippen LogP contribution < -0.4 is 4.90 Å². The number of aromatic nitrogens is 1. The molecule has 0 aromatic carbocycles. The number of aryl methyl sites for hydroxylation is 1. The van der Waals surface area contributed by atoms with Crippen molar-refractivity contribution in [3.05, 3.63) is 47.5 Å². The molecular formula is C21H25F6N3O6. The number of methoxy groups -OCH3 is 1. The van der Waals surface area contributed by atoms with Crippen molar-refractivity contribution in [1.29, 1.82) is 0 Å². The van der Waals surface area contributed by atoms with Crippen molar-refractivity contribution < 1.29 is 55.3 Å². The fourth-order valence-electron chi connectivity index (χ4n) is 2.87. The van der Waals surface area contributed by atoms with Crippen LogP contribution in [0.3, 0.4) is 0 Å². The normalized spacial score (nSPS) is 13.9. The number of pyridine rings is 1. The first-order valence-electron chi connectivity index (χ1n) is 10.2. The lowest BCUT2D eigenvalue weighted by Crippen LogP contribution is -2.33. The first kappa shape index (κ1) is 30.7. The van der Waals surface area contributed by atoms with Crippen LogP contribution in [0.2, 0.25) is 0 Å². The second kappa shape index (κ2) is 13.7. The van der Waals surface area contributed by atoms with E-state index in [1.54, 1.807) is 7.11 Å². The van der Waals surface area contributed by atoms with Gasteiger partial charge in [-0.3, -0.25) is 4.90 Å². The molecule has 0 saturated carbocycles. The van der Waals surface area contributed by atoms with Crippen LogP contribution in [0.5, 0.6) is 0 Å². The van der Waals surface area contributed by atoms with E-state index in [1.165, 1.54) is 5.56 Å². The molecule has 15 heteroatoms. The summed E-state index contributed by atoms with van der Waals surface area (Å²) in [6.45, 7) is 7.23. The van der Waals surface area contributed by atoms with Gasteiger partial charge in [0.25, 0.3) is 0 Å². The Bertz CT molecular complexity index is 956. The molecule has 0 saturated heterocycles. The summed E-state index contributed by atoms with van der Waals surface area (Å²) >= 11 is 0. The molecule has 36 heavy (non-hydrogen) atoms. The summed E-state index contributed by atoms with van der Waals surface area (Å²) in [5.74, 6) is -2.44. The highest BCUT2D eigenvalue weighted by Gasteiger charge is 2.38. The molecule has 2 aromatic rings. The third-order valence-corrected chi connectivity index (χ3v) is 4.47. The van der Waals surface area contributed by atoms with Crippen LogP contribution in [0.25, 0.3) is 0 Å². The van der Waals surface area contributed by atoms with E-state index in [0.29, 0.717) is 6.61 Å². The Labute approximate surface area is 201 Å². The van der Waals surface area contributed by atoms with Crippen LogP contribution in [0.15, 0.2) is 34.9 Å². The average Bonchev–Trinajstić information content (AvgIpc) is 3.09. The smallest absolute Gasteiger partial charge is 0.475 e. The quantitative estimate of drug-likeness (QED) is 0.559. The van der Waals surface area contributed by atoms with Gasteiger partial charge in [0.15, 0.2) is 0 Å². The number of carbonyl (C=O) groups is 2. The number of fused-ring (bicyclic) bond motifs is 1. The van der Waals surface area contributed by atoms with Crippen LogP contribution in [0.4, 0.5) is 32.2 Å². The zero-order chi connectivity index (χ0) is 27.5. The number of rotatable bonds is 5. The Balaban J connectivity index is 0.000000383. The third-order valence-electron chi connectivity index (χ3n) is 4.47. The molecule has 9 nitrogen and oxygen atoms in total. The average molecular weight is 529 g/mol. The third kappa shape index (κ3) is 10.9. The number of hydrogen-bond acceptors (Lipinski definition) is 7. The van der Waals surface area contributed by atoms with E-state index in [-0.39, 0.29) is 0 Å². The molecule has 202 valence electrons. The summed E-state index contributed by atoms with van der Waals surface area (Å²) in [5.41, 5.74) is 1.26. The van der Waals surface area contributed by atoms with E-state index in [4.69, 9.17) is 29.0 Å². The molecule has 0 radical (unpaired) electrons. The second-order valence-electron chi connectivity index (χ2n) is 7.29. The number of alkyl halides is 6. The molecule has 2 N–H and O–H groups in total. The minimum Gasteiger partial charge on any atom is -0.475 e. The van der Waals surface area contributed by atoms with Crippen molar-refractivity contribution in [2.45, 2.75) is 32.4 Å². The number of halogens is 6. The lowest BCUT2D eigenvalue weighted by Gasteiger charge is -2.23. The number of ether oxygens (including phenoxy) is 1. The fourth-order valence-corrected chi connectivity index (χ4v) is 2.87. The Hall–Kier alpha value is -3.33. The SMILES string of the molecule is COCCN1CCN(Cc2ccc(C)o2)Cc2cccnc21.O=C(O)C(F)(F)F.O=C(O)C(F)(F)F. The van der Waals surface area contributed by atoms with E-state index in [9.17, 15) is 26.3 Å². The molecule has 0 spiro atoms. The summed E-state index contributed by atoms with van der Waals surface area (Å²) < 4.78 is 74.4. The maximum atomic E-state index is 10.6. The van der Waals surface area contributed by atoms with Gasteiger partial charge in [0, 0.05) is 45.0 Å². The van der Waals surface area contributed by atoms with Gasteiger partial charge in [-0.2, -0.15) is 26.3 Å². The molecule has 0 fully saturated rings. The maximum Gasteiger partial charge on any atom is 0.490 e. The minimum absolute atomic E-state index is 0.716. The summed E-state index contributed by atoms with van der Waals surface area (Å²) in [6.07, 6.45) is -8.30. The zero-order valence-electron chi connectivity index (χ0n) is 19.3. The van der Waals surface area contributed by atoms with Crippen LogP contribution in [-0.4, -0.2) is 77.7 Å². The maximum absolute atomic E-state index is 10.6. The second-order valence-corrected chi connectivity index (χ2v) is 7.29. The van der Waals surface area contributed by atoms with Gasteiger partial charge in [-0.25, -0.2) is 14.6 Å². The standard InChI is InChI=1S/C17H23N3O2.2C2HF3O2/c1-14-5-6-16(22-14)13-19-8-9-20(10-11-21-2)17-15(12-19)4-3-7-18-17;2*3-2(4,5)1(6)7/h3-7H,8-13H2,1-2H3;2*(H,6,7). The lowest BCUT2D eigenvalue weighted by atomic mass is 10.2. The van der Waals surface area contributed by atoms with Crippen molar-refractivity contribution >= 4 is 17.8 Å². The summed E-state index contributed by atoms with van der Waals surface area (Å²) in [6, 6.07) is 8.25. The number of anilines is 1. The number of carboxylic acids is 2. The van der Waals surface area contributed by atoms with E-state index in [0.717, 1.165) is 50.1 Å². The van der Waals surface area contributed by atoms with Gasteiger partial charge in [0.2, 0.25) is 0 Å².